The van der Waals surface area contributed by atoms with E-state index in [1.165, 1.54) is 5.56 Å². The molecular weight excluding hydrogens is 226 g/mol. The van der Waals surface area contributed by atoms with Gasteiger partial charge in [-0.25, -0.2) is 0 Å². The van der Waals surface area contributed by atoms with Crippen molar-refractivity contribution >= 4 is 0 Å². The number of hydrogen-bond donors (Lipinski definition) is 2. The number of nitrogens with zero attached hydrogens (tertiary/aromatic N) is 3. The van der Waals surface area contributed by atoms with Crippen molar-refractivity contribution < 1.29 is 0 Å². The summed E-state index contributed by atoms with van der Waals surface area (Å²) < 4.78 is 1.83. The van der Waals surface area contributed by atoms with E-state index in [0.29, 0.717) is 12.1 Å². The molecule has 5 heteroatoms. The molecule has 2 aromatic rings. The normalized spacial score (nSPS) is 14.7. The molecule has 0 amide bonds. The van der Waals surface area contributed by atoms with Gasteiger partial charge in [0.25, 0.3) is 0 Å². The van der Waals surface area contributed by atoms with Crippen molar-refractivity contribution in [1.82, 2.24) is 25.3 Å². The third-order valence-electron chi connectivity index (χ3n) is 3.03. The van der Waals surface area contributed by atoms with E-state index >= 15 is 0 Å². The van der Waals surface area contributed by atoms with E-state index in [4.69, 9.17) is 0 Å². The fraction of sp³-hybridized carbons (Fsp3) is 0.538. The molecule has 0 aliphatic rings. The van der Waals surface area contributed by atoms with Gasteiger partial charge in [0.1, 0.15) is 0 Å². The van der Waals surface area contributed by atoms with E-state index < -0.39 is 0 Å². The summed E-state index contributed by atoms with van der Waals surface area (Å²) in [5.41, 5.74) is 3.42. The van der Waals surface area contributed by atoms with Gasteiger partial charge in [0.2, 0.25) is 0 Å². The quantitative estimate of drug-likeness (QED) is 0.846. The van der Waals surface area contributed by atoms with Gasteiger partial charge in [-0.1, -0.05) is 0 Å². The highest BCUT2D eigenvalue weighted by atomic mass is 15.2. The number of nitrogens with one attached hydrogen (secondary N) is 2. The van der Waals surface area contributed by atoms with Crippen molar-refractivity contribution in [3.05, 3.63) is 35.4 Å². The van der Waals surface area contributed by atoms with Crippen LogP contribution in [0.4, 0.5) is 0 Å². The van der Waals surface area contributed by atoms with Crippen LogP contribution in [0.25, 0.3) is 0 Å². The van der Waals surface area contributed by atoms with Crippen molar-refractivity contribution in [3.63, 3.8) is 0 Å². The molecule has 0 saturated carbocycles. The molecule has 2 N–H and O–H groups in total. The molecule has 5 nitrogen and oxygen atoms in total. The van der Waals surface area contributed by atoms with Crippen LogP contribution in [-0.4, -0.2) is 26.0 Å². The Labute approximate surface area is 108 Å². The lowest BCUT2D eigenvalue weighted by Gasteiger charge is -2.18. The molecule has 0 aromatic carbocycles. The Morgan fingerprint density at radius 2 is 2.22 bits per heavy atom. The summed E-state index contributed by atoms with van der Waals surface area (Å²) >= 11 is 0. The molecule has 0 fully saturated rings. The van der Waals surface area contributed by atoms with Crippen LogP contribution in [-0.2, 0) is 13.5 Å². The average molecular weight is 247 g/mol. The molecule has 98 valence electrons. The van der Waals surface area contributed by atoms with Crippen LogP contribution in [0, 0.1) is 6.92 Å². The molecule has 0 bridgehead atoms. The van der Waals surface area contributed by atoms with Crippen LogP contribution in [0.3, 0.4) is 0 Å². The lowest BCUT2D eigenvalue weighted by atomic mass is 10.1. The van der Waals surface area contributed by atoms with Gasteiger partial charge in [-0.05, 0) is 26.8 Å². The highest BCUT2D eigenvalue weighted by Crippen LogP contribution is 2.12. The second kappa shape index (κ2) is 5.35. The van der Waals surface area contributed by atoms with Gasteiger partial charge < -0.3 is 5.32 Å². The summed E-state index contributed by atoms with van der Waals surface area (Å²) in [6, 6.07) is 2.77. The standard InChI is InChI=1S/C13H21N5/c1-9(5-13-6-10(2)16-17-13)15-11(3)12-7-14-18(4)8-12/h6-9,11,15H,5H2,1-4H3,(H,16,17). The number of hydrogen-bond acceptors (Lipinski definition) is 3. The third-order valence-corrected chi connectivity index (χ3v) is 3.03. The zero-order valence-electron chi connectivity index (χ0n) is 11.4. The van der Waals surface area contributed by atoms with Crippen LogP contribution < -0.4 is 5.32 Å². The Bertz CT molecular complexity index is 499. The van der Waals surface area contributed by atoms with Crippen molar-refractivity contribution in [2.75, 3.05) is 0 Å². The maximum Gasteiger partial charge on any atom is 0.0640 e. The molecule has 0 spiro atoms. The fourth-order valence-electron chi connectivity index (χ4n) is 2.14. The molecule has 2 atom stereocenters. The number of H-pyrrole nitrogens is 1. The van der Waals surface area contributed by atoms with Crippen LogP contribution in [0.5, 0.6) is 0 Å². The summed E-state index contributed by atoms with van der Waals surface area (Å²) in [6.07, 6.45) is 4.88. The van der Waals surface area contributed by atoms with Crippen molar-refractivity contribution in [1.29, 1.82) is 0 Å². The molecule has 2 aromatic heterocycles. The maximum atomic E-state index is 4.26. The predicted molar refractivity (Wildman–Crippen MR) is 71.2 cm³/mol. The lowest BCUT2D eigenvalue weighted by Crippen LogP contribution is -2.30. The lowest BCUT2D eigenvalue weighted by molar-refractivity contribution is 0.473. The summed E-state index contributed by atoms with van der Waals surface area (Å²) in [7, 11) is 1.94. The first kappa shape index (κ1) is 12.8. The number of aromatic nitrogens is 4. The van der Waals surface area contributed by atoms with Crippen molar-refractivity contribution in [2.45, 2.75) is 39.3 Å². The fourth-order valence-corrected chi connectivity index (χ4v) is 2.14. The first-order valence-corrected chi connectivity index (χ1v) is 6.30. The smallest absolute Gasteiger partial charge is 0.0640 e. The van der Waals surface area contributed by atoms with E-state index in [0.717, 1.165) is 17.8 Å². The largest absolute Gasteiger partial charge is 0.307 e. The first-order chi connectivity index (χ1) is 8.54. The Hall–Kier alpha value is -1.62. The highest BCUT2D eigenvalue weighted by molar-refractivity contribution is 5.11. The average Bonchev–Trinajstić information content (AvgIpc) is 2.87. The Kier molecular flexibility index (Phi) is 3.81. The molecular formula is C13H21N5. The van der Waals surface area contributed by atoms with E-state index in [1.54, 1.807) is 0 Å². The molecule has 0 aliphatic carbocycles. The highest BCUT2D eigenvalue weighted by Gasteiger charge is 2.12. The summed E-state index contributed by atoms with van der Waals surface area (Å²) in [5.74, 6) is 0. The van der Waals surface area contributed by atoms with Crippen LogP contribution in [0.1, 0.15) is 36.8 Å². The Morgan fingerprint density at radius 3 is 2.78 bits per heavy atom. The predicted octanol–water partition coefficient (Wildman–Crippen LogP) is 1.73. The van der Waals surface area contributed by atoms with E-state index in [2.05, 4.69) is 40.5 Å². The minimum Gasteiger partial charge on any atom is -0.307 e. The minimum atomic E-state index is 0.300. The van der Waals surface area contributed by atoms with Crippen molar-refractivity contribution in [2.24, 2.45) is 7.05 Å². The summed E-state index contributed by atoms with van der Waals surface area (Å²) in [6.45, 7) is 6.35. The molecule has 0 aliphatic heterocycles. The van der Waals surface area contributed by atoms with E-state index in [1.807, 2.05) is 31.0 Å². The van der Waals surface area contributed by atoms with Gasteiger partial charge in [-0.15, -0.1) is 0 Å². The summed E-state index contributed by atoms with van der Waals surface area (Å²) in [4.78, 5) is 0. The Balaban J connectivity index is 1.89. The van der Waals surface area contributed by atoms with Gasteiger partial charge in [0.05, 0.1) is 11.9 Å². The number of aryl methyl sites for hydroxylation is 2. The maximum absolute atomic E-state index is 4.26. The van der Waals surface area contributed by atoms with Gasteiger partial charge in [0.15, 0.2) is 0 Å². The zero-order valence-corrected chi connectivity index (χ0v) is 11.4. The monoisotopic (exact) mass is 247 g/mol. The molecule has 2 rings (SSSR count). The minimum absolute atomic E-state index is 0.300. The van der Waals surface area contributed by atoms with Gasteiger partial charge >= 0.3 is 0 Å². The topological polar surface area (TPSA) is 58.5 Å². The van der Waals surface area contributed by atoms with E-state index in [-0.39, 0.29) is 0 Å². The Morgan fingerprint density at radius 1 is 1.44 bits per heavy atom. The second-order valence-corrected chi connectivity index (χ2v) is 4.98. The van der Waals surface area contributed by atoms with E-state index in [9.17, 15) is 0 Å². The summed E-state index contributed by atoms with van der Waals surface area (Å²) in [5, 5.41) is 15.0. The molecule has 2 unspecified atom stereocenters. The van der Waals surface area contributed by atoms with Gasteiger partial charge in [-0.2, -0.15) is 10.2 Å². The van der Waals surface area contributed by atoms with Crippen molar-refractivity contribution in [3.8, 4) is 0 Å². The van der Waals surface area contributed by atoms with Crippen LogP contribution in [0.2, 0.25) is 0 Å². The SMILES string of the molecule is Cc1cc(CC(C)NC(C)c2cnn(C)c2)n[nH]1. The number of aromatic amines is 1. The van der Waals surface area contributed by atoms with Crippen LogP contribution >= 0.6 is 0 Å². The number of rotatable bonds is 5. The van der Waals surface area contributed by atoms with Crippen LogP contribution in [0.15, 0.2) is 18.5 Å². The first-order valence-electron chi connectivity index (χ1n) is 6.30. The van der Waals surface area contributed by atoms with Gasteiger partial charge in [-0.3, -0.25) is 9.78 Å². The molecule has 0 radical (unpaired) electrons. The third kappa shape index (κ3) is 3.20. The molecule has 0 saturated heterocycles. The molecule has 18 heavy (non-hydrogen) atoms. The van der Waals surface area contributed by atoms with Gasteiger partial charge in [0, 0.05) is 43.0 Å². The zero-order chi connectivity index (χ0) is 13.1. The molecule has 2 heterocycles. The second-order valence-electron chi connectivity index (χ2n) is 4.98.